The third kappa shape index (κ3) is 3.26. The molecule has 4 aromatic carbocycles. The smallest absolute Gasteiger partial charge is 0.136 e. The molecule has 0 N–H and O–H groups in total. The van der Waals surface area contributed by atoms with Gasteiger partial charge in [-0.15, -0.1) is 0 Å². The summed E-state index contributed by atoms with van der Waals surface area (Å²) in [5, 5.41) is 5.07. The van der Waals surface area contributed by atoms with Gasteiger partial charge in [-0.05, 0) is 93.6 Å². The van der Waals surface area contributed by atoms with Crippen molar-refractivity contribution in [2.24, 2.45) is 5.92 Å². The molecule has 1 aromatic heterocycles. The number of furan rings is 1. The molecule has 186 valence electrons. The van der Waals surface area contributed by atoms with Gasteiger partial charge in [0.2, 0.25) is 0 Å². The highest BCUT2D eigenvalue weighted by atomic mass is 16.5. The number of allylic oxidation sites excluding steroid dienone is 5. The summed E-state index contributed by atoms with van der Waals surface area (Å²) < 4.78 is 12.9. The molecular formula is C36H30O2. The fraction of sp³-hybridized carbons (Fsp3) is 0.222. The second-order valence-electron chi connectivity index (χ2n) is 12.1. The van der Waals surface area contributed by atoms with Crippen LogP contribution in [0.2, 0.25) is 0 Å². The van der Waals surface area contributed by atoms with E-state index in [1.54, 1.807) is 0 Å². The molecule has 2 heteroatoms. The zero-order valence-corrected chi connectivity index (χ0v) is 22.1. The Morgan fingerprint density at radius 3 is 2.45 bits per heavy atom. The van der Waals surface area contributed by atoms with Crippen LogP contribution in [0.25, 0.3) is 32.7 Å². The van der Waals surface area contributed by atoms with Crippen molar-refractivity contribution < 1.29 is 9.15 Å². The zero-order chi connectivity index (χ0) is 25.6. The minimum Gasteiger partial charge on any atom is -0.457 e. The Hall–Kier alpha value is -4.04. The van der Waals surface area contributed by atoms with Crippen LogP contribution in [0.15, 0.2) is 95.2 Å². The highest BCUT2D eigenvalue weighted by Gasteiger charge is 2.26. The Morgan fingerprint density at radius 2 is 1.55 bits per heavy atom. The van der Waals surface area contributed by atoms with Crippen LogP contribution in [0.1, 0.15) is 54.2 Å². The topological polar surface area (TPSA) is 22.4 Å². The van der Waals surface area contributed by atoms with Crippen LogP contribution in [-0.2, 0) is 24.7 Å². The molecule has 2 bridgehead atoms. The van der Waals surface area contributed by atoms with E-state index < -0.39 is 0 Å². The van der Waals surface area contributed by atoms with Gasteiger partial charge in [-0.1, -0.05) is 75.4 Å². The Morgan fingerprint density at radius 1 is 0.737 bits per heavy atom. The first-order valence-electron chi connectivity index (χ1n) is 13.7. The molecular weight excluding hydrogens is 464 g/mol. The highest BCUT2D eigenvalue weighted by molar-refractivity contribution is 6.21. The minimum absolute atomic E-state index is 0.151. The molecule has 1 aliphatic heterocycles. The number of rotatable bonds is 0. The predicted molar refractivity (Wildman–Crippen MR) is 156 cm³/mol. The molecule has 38 heavy (non-hydrogen) atoms. The Balaban J connectivity index is 1.38. The van der Waals surface area contributed by atoms with Gasteiger partial charge in [0.25, 0.3) is 0 Å². The molecule has 8 rings (SSSR count). The normalized spacial score (nSPS) is 18.0. The van der Waals surface area contributed by atoms with Crippen molar-refractivity contribution in [1.82, 2.24) is 0 Å². The molecule has 0 saturated carbocycles. The van der Waals surface area contributed by atoms with Gasteiger partial charge in [-0.25, -0.2) is 0 Å². The third-order valence-electron chi connectivity index (χ3n) is 8.65. The molecule has 1 atom stereocenters. The summed E-state index contributed by atoms with van der Waals surface area (Å²) >= 11 is 0. The van der Waals surface area contributed by atoms with Gasteiger partial charge in [-0.2, -0.15) is 0 Å². The number of hydrogen-bond donors (Lipinski definition) is 0. The molecule has 5 aromatic rings. The summed E-state index contributed by atoms with van der Waals surface area (Å²) in [5.41, 5.74) is 10.5. The second kappa shape index (κ2) is 7.74. The van der Waals surface area contributed by atoms with Crippen LogP contribution in [0.5, 0.6) is 5.75 Å². The van der Waals surface area contributed by atoms with E-state index in [0.29, 0.717) is 5.92 Å². The van der Waals surface area contributed by atoms with Gasteiger partial charge in [0.15, 0.2) is 0 Å². The van der Waals surface area contributed by atoms with Crippen LogP contribution < -0.4 is 4.74 Å². The van der Waals surface area contributed by atoms with Gasteiger partial charge >= 0.3 is 0 Å². The molecule has 2 heterocycles. The Kier molecular flexibility index (Phi) is 4.48. The van der Waals surface area contributed by atoms with Crippen LogP contribution in [0.4, 0.5) is 0 Å². The van der Waals surface area contributed by atoms with E-state index in [4.69, 9.17) is 9.15 Å². The van der Waals surface area contributed by atoms with Crippen LogP contribution >= 0.6 is 0 Å². The lowest BCUT2D eigenvalue weighted by Gasteiger charge is -2.26. The van der Waals surface area contributed by atoms with E-state index in [-0.39, 0.29) is 5.41 Å². The summed E-state index contributed by atoms with van der Waals surface area (Å²) in [6.07, 6.45) is 13.6. The van der Waals surface area contributed by atoms with Crippen molar-refractivity contribution in [3.8, 4) is 5.75 Å². The molecule has 0 radical (unpaired) electrons. The summed E-state index contributed by atoms with van der Waals surface area (Å²) in [6.45, 7) is 6.89. The van der Waals surface area contributed by atoms with Gasteiger partial charge in [-0.3, -0.25) is 0 Å². The first-order valence-corrected chi connectivity index (χ1v) is 13.7. The summed E-state index contributed by atoms with van der Waals surface area (Å²) in [7, 11) is 0. The number of ether oxygens (including phenoxy) is 1. The lowest BCUT2D eigenvalue weighted by molar-refractivity contribution is 0.443. The minimum atomic E-state index is 0.151. The van der Waals surface area contributed by atoms with Crippen LogP contribution in [0.3, 0.4) is 0 Å². The quantitative estimate of drug-likeness (QED) is 0.210. The van der Waals surface area contributed by atoms with Gasteiger partial charge in [0.05, 0.1) is 0 Å². The summed E-state index contributed by atoms with van der Waals surface area (Å²) in [6, 6.07) is 20.3. The summed E-state index contributed by atoms with van der Waals surface area (Å²) in [5.74, 6) is 2.15. The predicted octanol–water partition coefficient (Wildman–Crippen LogP) is 9.09. The third-order valence-corrected chi connectivity index (χ3v) is 8.65. The maximum Gasteiger partial charge on any atom is 0.136 e. The molecule has 3 aliphatic rings. The fourth-order valence-electron chi connectivity index (χ4n) is 6.66. The second-order valence-corrected chi connectivity index (χ2v) is 12.1. The van der Waals surface area contributed by atoms with Crippen molar-refractivity contribution >= 4 is 32.7 Å². The number of fused-ring (bicyclic) bond motifs is 11. The fourth-order valence-corrected chi connectivity index (χ4v) is 6.66. The monoisotopic (exact) mass is 494 g/mol. The molecule has 1 unspecified atom stereocenters. The zero-order valence-electron chi connectivity index (χ0n) is 22.1. The van der Waals surface area contributed by atoms with Crippen LogP contribution in [0, 0.1) is 5.92 Å². The molecule has 0 fully saturated rings. The SMILES string of the molecule is CC(C)(C)c1ccc2c(c1)Cc1ccc3ccc4oc5ccc6c(c5c4c3c1C2)CC1C=CC=CC(=C1)O6. The van der Waals surface area contributed by atoms with Crippen LogP contribution in [-0.4, -0.2) is 0 Å². The first kappa shape index (κ1) is 22.0. The van der Waals surface area contributed by atoms with Gasteiger partial charge < -0.3 is 9.15 Å². The maximum atomic E-state index is 6.51. The van der Waals surface area contributed by atoms with E-state index >= 15 is 0 Å². The average Bonchev–Trinajstić information content (AvgIpc) is 3.02. The molecule has 2 aliphatic carbocycles. The van der Waals surface area contributed by atoms with Crippen molar-refractivity contribution in [1.29, 1.82) is 0 Å². The Bertz CT molecular complexity index is 1900. The number of benzene rings is 4. The van der Waals surface area contributed by atoms with E-state index in [0.717, 1.165) is 41.9 Å². The van der Waals surface area contributed by atoms with Gasteiger partial charge in [0, 0.05) is 22.3 Å². The van der Waals surface area contributed by atoms with E-state index in [2.05, 4.69) is 106 Å². The maximum absolute atomic E-state index is 6.51. The van der Waals surface area contributed by atoms with Gasteiger partial charge in [0.1, 0.15) is 22.7 Å². The molecule has 2 nitrogen and oxygen atoms in total. The standard InChI is InChI=1S/C36H30O2/c1-36(2,3)26-12-10-23-20-28-24(18-25(23)19-26)9-8-22-11-13-32-35(33(22)28)34-29-17-21-6-4-5-7-27(16-21)37-30(29)14-15-31(34)38-32/h4-16,19,21H,17-18,20H2,1-3H3. The van der Waals surface area contributed by atoms with Crippen molar-refractivity contribution in [3.05, 3.63) is 124 Å². The largest absolute Gasteiger partial charge is 0.457 e. The van der Waals surface area contributed by atoms with E-state index in [1.165, 1.54) is 54.9 Å². The van der Waals surface area contributed by atoms with Crippen molar-refractivity contribution in [2.45, 2.75) is 45.4 Å². The molecule has 0 saturated heterocycles. The molecule has 0 spiro atoms. The first-order chi connectivity index (χ1) is 18.4. The highest BCUT2D eigenvalue weighted by Crippen LogP contribution is 2.45. The average molecular weight is 495 g/mol. The van der Waals surface area contributed by atoms with E-state index in [9.17, 15) is 0 Å². The van der Waals surface area contributed by atoms with Crippen molar-refractivity contribution in [3.63, 3.8) is 0 Å². The summed E-state index contributed by atoms with van der Waals surface area (Å²) in [4.78, 5) is 0. The molecule has 0 amide bonds. The lowest BCUT2D eigenvalue weighted by Crippen LogP contribution is -2.14. The van der Waals surface area contributed by atoms with E-state index in [1.807, 2.05) is 0 Å². The lowest BCUT2D eigenvalue weighted by atomic mass is 9.79. The van der Waals surface area contributed by atoms with Crippen molar-refractivity contribution in [2.75, 3.05) is 0 Å². The Labute approximate surface area is 222 Å². The number of hydrogen-bond acceptors (Lipinski definition) is 2.